The molecule has 0 radical (unpaired) electrons. The Morgan fingerprint density at radius 2 is 2.08 bits per heavy atom. The summed E-state index contributed by atoms with van der Waals surface area (Å²) < 4.78 is 4.82. The topological polar surface area (TPSA) is 29.5 Å². The first-order valence-electron chi connectivity index (χ1n) is 3.63. The molecule has 0 spiro atoms. The van der Waals surface area contributed by atoms with E-state index in [4.69, 9.17) is 4.65 Å². The van der Waals surface area contributed by atoms with Crippen LogP contribution in [0, 0.1) is 0 Å². The molecular weight excluding hydrogens is 171 g/mol. The maximum absolute atomic E-state index is 9.41. The first-order chi connectivity index (χ1) is 5.79. The Labute approximate surface area is 77.1 Å². The van der Waals surface area contributed by atoms with Gasteiger partial charge in [-0.3, -0.25) is 0 Å². The molecule has 0 atom stereocenters. The summed E-state index contributed by atoms with van der Waals surface area (Å²) in [4.78, 5) is 1.05. The van der Waals surface area contributed by atoms with Crippen LogP contribution in [0.15, 0.2) is 29.2 Å². The number of hydrogen-bond acceptors (Lipinski definition) is 3. The van der Waals surface area contributed by atoms with Crippen molar-refractivity contribution in [1.82, 2.24) is 0 Å². The average Bonchev–Trinajstić information content (AvgIpc) is 2.16. The maximum Gasteiger partial charge on any atom is 0.492 e. The van der Waals surface area contributed by atoms with Crippen LogP contribution in [0.5, 0.6) is 0 Å². The zero-order valence-electron chi connectivity index (χ0n) is 7.15. The highest BCUT2D eigenvalue weighted by Gasteiger charge is 2.17. The molecule has 0 saturated heterocycles. The molecule has 2 nitrogen and oxygen atoms in total. The van der Waals surface area contributed by atoms with Gasteiger partial charge in [0.25, 0.3) is 0 Å². The fourth-order valence-electron chi connectivity index (χ4n) is 0.997. The van der Waals surface area contributed by atoms with E-state index in [0.717, 1.165) is 10.4 Å². The van der Waals surface area contributed by atoms with Gasteiger partial charge in [0, 0.05) is 12.0 Å². The molecule has 0 heterocycles. The fourth-order valence-corrected chi connectivity index (χ4v) is 1.62. The van der Waals surface area contributed by atoms with Gasteiger partial charge in [-0.1, -0.05) is 18.2 Å². The summed E-state index contributed by atoms with van der Waals surface area (Å²) in [6.45, 7) is 0. The molecule has 64 valence electrons. The highest BCUT2D eigenvalue weighted by Crippen LogP contribution is 2.11. The van der Waals surface area contributed by atoms with Crippen molar-refractivity contribution in [2.75, 3.05) is 13.4 Å². The third-order valence-corrected chi connectivity index (χ3v) is 2.44. The zero-order chi connectivity index (χ0) is 8.97. The van der Waals surface area contributed by atoms with E-state index >= 15 is 0 Å². The van der Waals surface area contributed by atoms with Crippen molar-refractivity contribution in [2.24, 2.45) is 0 Å². The Morgan fingerprint density at radius 1 is 1.42 bits per heavy atom. The van der Waals surface area contributed by atoms with E-state index in [1.54, 1.807) is 11.8 Å². The van der Waals surface area contributed by atoms with Crippen LogP contribution in [0.4, 0.5) is 0 Å². The van der Waals surface area contributed by atoms with E-state index in [9.17, 15) is 5.02 Å². The third kappa shape index (κ3) is 2.03. The second-order valence-corrected chi connectivity index (χ2v) is 3.18. The maximum atomic E-state index is 9.41. The highest BCUT2D eigenvalue weighted by atomic mass is 32.2. The lowest BCUT2D eigenvalue weighted by molar-refractivity contribution is 0.341. The largest absolute Gasteiger partial charge is 0.492 e. The molecule has 1 aromatic rings. The number of hydrogen-bond donors (Lipinski definition) is 1. The summed E-state index contributed by atoms with van der Waals surface area (Å²) in [5, 5.41) is 9.41. The molecule has 1 aromatic carbocycles. The second-order valence-electron chi connectivity index (χ2n) is 2.33. The van der Waals surface area contributed by atoms with E-state index in [2.05, 4.69) is 0 Å². The summed E-state index contributed by atoms with van der Waals surface area (Å²) in [7, 11) is 0.676. The van der Waals surface area contributed by atoms with Gasteiger partial charge in [0.05, 0.1) is 0 Å². The van der Waals surface area contributed by atoms with Crippen molar-refractivity contribution in [3.05, 3.63) is 24.3 Å². The van der Waals surface area contributed by atoms with E-state index in [1.165, 1.54) is 7.11 Å². The summed E-state index contributed by atoms with van der Waals surface area (Å²) in [6.07, 6.45) is 1.97. The van der Waals surface area contributed by atoms with Crippen molar-refractivity contribution in [1.29, 1.82) is 0 Å². The smallest absolute Gasteiger partial charge is 0.423 e. The van der Waals surface area contributed by atoms with Gasteiger partial charge in [0.15, 0.2) is 0 Å². The van der Waals surface area contributed by atoms with Gasteiger partial charge < -0.3 is 9.68 Å². The van der Waals surface area contributed by atoms with Crippen LogP contribution in [0.25, 0.3) is 0 Å². The second kappa shape index (κ2) is 4.55. The molecular formula is C8H11BO2S. The van der Waals surface area contributed by atoms with Gasteiger partial charge in [-0.15, -0.1) is 11.8 Å². The van der Waals surface area contributed by atoms with Crippen molar-refractivity contribution >= 4 is 24.3 Å². The normalized spacial score (nSPS) is 9.92. The lowest BCUT2D eigenvalue weighted by Crippen LogP contribution is -2.33. The van der Waals surface area contributed by atoms with Crippen LogP contribution in [0.1, 0.15) is 0 Å². The van der Waals surface area contributed by atoms with E-state index in [1.807, 2.05) is 30.5 Å². The molecule has 12 heavy (non-hydrogen) atoms. The van der Waals surface area contributed by atoms with Crippen LogP contribution in [0.2, 0.25) is 0 Å². The van der Waals surface area contributed by atoms with Crippen molar-refractivity contribution in [3.8, 4) is 0 Å². The Kier molecular flexibility index (Phi) is 3.65. The number of thioether (sulfide) groups is 1. The first-order valence-corrected chi connectivity index (χ1v) is 4.86. The Hall–Kier alpha value is -0.445. The molecule has 0 aliphatic carbocycles. The van der Waals surface area contributed by atoms with Crippen LogP contribution in [-0.4, -0.2) is 25.5 Å². The van der Waals surface area contributed by atoms with Crippen LogP contribution in [-0.2, 0) is 4.65 Å². The Morgan fingerprint density at radius 3 is 2.67 bits per heavy atom. The molecule has 0 aromatic heterocycles. The Bertz CT molecular complexity index is 255. The van der Waals surface area contributed by atoms with Crippen LogP contribution < -0.4 is 5.46 Å². The predicted octanol–water partition coefficient (Wildman–Crippen LogP) is 0.742. The monoisotopic (exact) mass is 182 g/mol. The highest BCUT2D eigenvalue weighted by molar-refractivity contribution is 7.98. The molecule has 0 amide bonds. The first kappa shape index (κ1) is 9.64. The van der Waals surface area contributed by atoms with Gasteiger partial charge in [-0.2, -0.15) is 0 Å². The number of rotatable bonds is 3. The summed E-state index contributed by atoms with van der Waals surface area (Å²) in [5.74, 6) is 0. The third-order valence-electron chi connectivity index (χ3n) is 1.63. The zero-order valence-corrected chi connectivity index (χ0v) is 7.97. The minimum atomic E-state index is -0.811. The van der Waals surface area contributed by atoms with E-state index < -0.39 is 7.12 Å². The van der Waals surface area contributed by atoms with E-state index in [0.29, 0.717) is 0 Å². The van der Waals surface area contributed by atoms with Gasteiger partial charge in [0.2, 0.25) is 0 Å². The summed E-state index contributed by atoms with van der Waals surface area (Å²) in [5.41, 5.74) is 0.826. The molecule has 0 unspecified atom stereocenters. The molecule has 0 aliphatic heterocycles. The molecule has 1 rings (SSSR count). The molecule has 1 N–H and O–H groups in total. The molecule has 0 bridgehead atoms. The standard InChI is InChI=1S/C8H11BO2S/c1-11-9(10)7-5-3-4-6-8(7)12-2/h3-6,10H,1-2H3. The SMILES string of the molecule is COB(O)c1ccccc1SC. The molecule has 0 fully saturated rings. The predicted molar refractivity (Wildman–Crippen MR) is 52.8 cm³/mol. The van der Waals surface area contributed by atoms with Gasteiger partial charge in [-0.05, 0) is 17.8 Å². The molecule has 4 heteroatoms. The van der Waals surface area contributed by atoms with Gasteiger partial charge >= 0.3 is 7.12 Å². The van der Waals surface area contributed by atoms with Crippen molar-refractivity contribution in [2.45, 2.75) is 4.90 Å². The quantitative estimate of drug-likeness (QED) is 0.552. The van der Waals surface area contributed by atoms with Gasteiger partial charge in [-0.25, -0.2) is 0 Å². The van der Waals surface area contributed by atoms with Gasteiger partial charge in [0.1, 0.15) is 0 Å². The Balaban J connectivity index is 2.96. The van der Waals surface area contributed by atoms with Crippen molar-refractivity contribution < 1.29 is 9.68 Å². The minimum absolute atomic E-state index is 0.811. The molecule has 0 aliphatic rings. The fraction of sp³-hybridized carbons (Fsp3) is 0.250. The van der Waals surface area contributed by atoms with Crippen LogP contribution in [0.3, 0.4) is 0 Å². The van der Waals surface area contributed by atoms with Crippen LogP contribution >= 0.6 is 11.8 Å². The molecule has 0 saturated carbocycles. The lowest BCUT2D eigenvalue weighted by atomic mass is 9.80. The van der Waals surface area contributed by atoms with Crippen molar-refractivity contribution in [3.63, 3.8) is 0 Å². The van der Waals surface area contributed by atoms with E-state index in [-0.39, 0.29) is 0 Å². The summed E-state index contributed by atoms with van der Waals surface area (Å²) in [6, 6.07) is 7.65. The average molecular weight is 182 g/mol. The summed E-state index contributed by atoms with van der Waals surface area (Å²) >= 11 is 1.60. The minimum Gasteiger partial charge on any atom is -0.423 e. The lowest BCUT2D eigenvalue weighted by Gasteiger charge is -2.07. The number of benzene rings is 1.